The van der Waals surface area contributed by atoms with Crippen LogP contribution in [-0.4, -0.2) is 27.9 Å². The Labute approximate surface area is 163 Å². The van der Waals surface area contributed by atoms with E-state index in [2.05, 4.69) is 16.9 Å². The number of ketones is 1. The van der Waals surface area contributed by atoms with Crippen LogP contribution in [0.5, 0.6) is 5.75 Å². The van der Waals surface area contributed by atoms with Crippen molar-refractivity contribution < 1.29 is 9.53 Å². The lowest BCUT2D eigenvalue weighted by atomic mass is 10.1. The molecule has 0 aliphatic heterocycles. The molecular weight excluding hydrogens is 358 g/mol. The third-order valence-electron chi connectivity index (χ3n) is 4.08. The number of nitrogens with zero attached hydrogens (tertiary/aromatic N) is 3. The molecule has 0 amide bonds. The van der Waals surface area contributed by atoms with Gasteiger partial charge in [0.25, 0.3) is 0 Å². The van der Waals surface area contributed by atoms with Gasteiger partial charge in [-0.05, 0) is 24.3 Å². The molecule has 0 aliphatic carbocycles. The number of methoxy groups -OCH3 is 1. The topological polar surface area (TPSA) is 57.0 Å². The molecule has 0 saturated carbocycles. The van der Waals surface area contributed by atoms with Crippen LogP contribution >= 0.6 is 11.8 Å². The number of ether oxygens (including phenoxy) is 1. The van der Waals surface area contributed by atoms with Crippen LogP contribution in [-0.2, 0) is 18.7 Å². The number of Topliss-reactive ketones (excluding diaryl/α,β-unsaturated/α-hetero) is 1. The number of carbonyl (C=O) groups excluding carboxylic acids is 1. The molecule has 0 unspecified atom stereocenters. The van der Waals surface area contributed by atoms with Crippen molar-refractivity contribution in [1.82, 2.24) is 15.0 Å². The first-order chi connectivity index (χ1) is 13.2. The van der Waals surface area contributed by atoms with Gasteiger partial charge in [0.1, 0.15) is 5.75 Å². The van der Waals surface area contributed by atoms with Crippen LogP contribution < -0.4 is 4.74 Å². The molecule has 0 saturated heterocycles. The van der Waals surface area contributed by atoms with Gasteiger partial charge >= 0.3 is 0 Å². The second-order valence-corrected chi connectivity index (χ2v) is 6.93. The van der Waals surface area contributed by atoms with Crippen molar-refractivity contribution in [3.8, 4) is 5.75 Å². The van der Waals surface area contributed by atoms with Crippen LogP contribution in [0.15, 0.2) is 72.1 Å². The van der Waals surface area contributed by atoms with Crippen LogP contribution in [0.3, 0.4) is 0 Å². The van der Waals surface area contributed by atoms with Crippen molar-refractivity contribution in [3.63, 3.8) is 0 Å². The highest BCUT2D eigenvalue weighted by molar-refractivity contribution is 7.98. The zero-order valence-electron chi connectivity index (χ0n) is 15.2. The van der Waals surface area contributed by atoms with Crippen molar-refractivity contribution in [2.75, 3.05) is 7.11 Å². The molecule has 2 aromatic carbocycles. The first kappa shape index (κ1) is 18.9. The summed E-state index contributed by atoms with van der Waals surface area (Å²) in [5.41, 5.74) is 2.35. The zero-order valence-corrected chi connectivity index (χ0v) is 16.0. The number of thioether (sulfide) groups is 1. The van der Waals surface area contributed by atoms with Crippen molar-refractivity contribution in [2.45, 2.75) is 23.6 Å². The quantitative estimate of drug-likeness (QED) is 0.317. The largest absolute Gasteiger partial charge is 0.497 e. The lowest BCUT2D eigenvalue weighted by Gasteiger charge is -2.07. The fraction of sp³-hybridized carbons (Fsp3) is 0.190. The molecular formula is C21H21N3O2S. The summed E-state index contributed by atoms with van der Waals surface area (Å²) in [6.45, 7) is 4.29. The lowest BCUT2D eigenvalue weighted by molar-refractivity contribution is 0.0990. The predicted molar refractivity (Wildman–Crippen MR) is 107 cm³/mol. The Kier molecular flexibility index (Phi) is 6.44. The normalized spacial score (nSPS) is 10.6. The van der Waals surface area contributed by atoms with E-state index in [4.69, 9.17) is 4.74 Å². The summed E-state index contributed by atoms with van der Waals surface area (Å²) in [7, 11) is 1.65. The summed E-state index contributed by atoms with van der Waals surface area (Å²) in [5, 5.41) is 8.50. The Bertz CT molecular complexity index is 905. The lowest BCUT2D eigenvalue weighted by Crippen LogP contribution is -2.11. The van der Waals surface area contributed by atoms with Gasteiger partial charge in [-0.3, -0.25) is 4.79 Å². The van der Waals surface area contributed by atoms with E-state index < -0.39 is 0 Å². The molecule has 0 aliphatic rings. The Morgan fingerprint density at radius 3 is 2.59 bits per heavy atom. The second kappa shape index (κ2) is 9.19. The maximum Gasteiger partial charge on any atom is 0.168 e. The minimum atomic E-state index is 0.0545. The van der Waals surface area contributed by atoms with Gasteiger partial charge in [-0.2, -0.15) is 0 Å². The van der Waals surface area contributed by atoms with E-state index in [-0.39, 0.29) is 12.2 Å². The maximum absolute atomic E-state index is 12.7. The predicted octanol–water partition coefficient (Wildman–Crippen LogP) is 4.19. The van der Waals surface area contributed by atoms with Gasteiger partial charge in [0, 0.05) is 16.2 Å². The monoisotopic (exact) mass is 379 g/mol. The first-order valence-corrected chi connectivity index (χ1v) is 9.57. The van der Waals surface area contributed by atoms with E-state index in [1.165, 1.54) is 0 Å². The number of allylic oxidation sites excluding steroid dienone is 1. The second-order valence-electron chi connectivity index (χ2n) is 5.88. The summed E-state index contributed by atoms with van der Waals surface area (Å²) >= 11 is 1.65. The minimum absolute atomic E-state index is 0.0545. The molecule has 0 N–H and O–H groups in total. The molecule has 6 heteroatoms. The van der Waals surface area contributed by atoms with E-state index >= 15 is 0 Å². The van der Waals surface area contributed by atoms with Crippen LogP contribution in [0, 0.1) is 0 Å². The van der Waals surface area contributed by atoms with Gasteiger partial charge < -0.3 is 4.74 Å². The SMILES string of the molecule is C=CCn1nnc(CSc2ccc(OC)cc2)c1CC(=O)c1ccccc1. The molecule has 138 valence electrons. The fourth-order valence-electron chi connectivity index (χ4n) is 2.64. The summed E-state index contributed by atoms with van der Waals surface area (Å²) in [4.78, 5) is 13.8. The van der Waals surface area contributed by atoms with Gasteiger partial charge in [-0.25, -0.2) is 4.68 Å². The molecule has 3 aromatic rings. The van der Waals surface area contributed by atoms with Crippen molar-refractivity contribution in [1.29, 1.82) is 0 Å². The number of hydrogen-bond donors (Lipinski definition) is 0. The number of hydrogen-bond acceptors (Lipinski definition) is 5. The van der Waals surface area contributed by atoms with Crippen molar-refractivity contribution in [3.05, 3.63) is 84.2 Å². The molecule has 3 rings (SSSR count). The van der Waals surface area contributed by atoms with Crippen molar-refractivity contribution in [2.24, 2.45) is 0 Å². The van der Waals surface area contributed by atoms with E-state index in [9.17, 15) is 4.79 Å². The van der Waals surface area contributed by atoms with Crippen LogP contribution in [0.4, 0.5) is 0 Å². The summed E-state index contributed by atoms with van der Waals surface area (Å²) in [6, 6.07) is 17.2. The van der Waals surface area contributed by atoms with E-state index in [1.54, 1.807) is 29.6 Å². The fourth-order valence-corrected chi connectivity index (χ4v) is 3.50. The average Bonchev–Trinajstić information content (AvgIpc) is 3.09. The third-order valence-corrected chi connectivity index (χ3v) is 5.10. The number of carbonyl (C=O) groups is 1. The van der Waals surface area contributed by atoms with Gasteiger partial charge in [0.15, 0.2) is 5.78 Å². The Hall–Kier alpha value is -2.86. The molecule has 0 atom stereocenters. The number of rotatable bonds is 9. The van der Waals surface area contributed by atoms with Crippen LogP contribution in [0.2, 0.25) is 0 Å². The summed E-state index contributed by atoms with van der Waals surface area (Å²) < 4.78 is 6.93. The number of benzene rings is 2. The Morgan fingerprint density at radius 2 is 1.93 bits per heavy atom. The molecule has 0 spiro atoms. The van der Waals surface area contributed by atoms with E-state index in [0.29, 0.717) is 17.9 Å². The third kappa shape index (κ3) is 4.86. The van der Waals surface area contributed by atoms with Gasteiger partial charge in [0.05, 0.1) is 31.5 Å². The maximum atomic E-state index is 12.7. The number of aromatic nitrogens is 3. The highest BCUT2D eigenvalue weighted by Gasteiger charge is 2.17. The molecule has 27 heavy (non-hydrogen) atoms. The summed E-state index contributed by atoms with van der Waals surface area (Å²) in [5.74, 6) is 1.52. The highest BCUT2D eigenvalue weighted by atomic mass is 32.2. The Balaban J connectivity index is 1.76. The average molecular weight is 379 g/mol. The van der Waals surface area contributed by atoms with Crippen molar-refractivity contribution >= 4 is 17.5 Å². The molecule has 1 aromatic heterocycles. The van der Waals surface area contributed by atoms with Crippen LogP contribution in [0.25, 0.3) is 0 Å². The van der Waals surface area contributed by atoms with Gasteiger partial charge in [-0.15, -0.1) is 23.4 Å². The van der Waals surface area contributed by atoms with E-state index in [1.807, 2.05) is 54.6 Å². The zero-order chi connectivity index (χ0) is 19.1. The molecule has 0 fully saturated rings. The van der Waals surface area contributed by atoms with Gasteiger partial charge in [-0.1, -0.05) is 41.6 Å². The molecule has 1 heterocycles. The van der Waals surface area contributed by atoms with Crippen LogP contribution in [0.1, 0.15) is 21.7 Å². The minimum Gasteiger partial charge on any atom is -0.497 e. The van der Waals surface area contributed by atoms with Gasteiger partial charge in [0.2, 0.25) is 0 Å². The smallest absolute Gasteiger partial charge is 0.168 e. The summed E-state index contributed by atoms with van der Waals surface area (Å²) in [6.07, 6.45) is 2.02. The molecule has 0 bridgehead atoms. The first-order valence-electron chi connectivity index (χ1n) is 8.58. The standard InChI is InChI=1S/C21H21N3O2S/c1-3-13-24-20(14-21(25)16-7-5-4-6-8-16)19(22-23-24)15-27-18-11-9-17(26-2)10-12-18/h3-12H,1,13-15H2,2H3. The highest BCUT2D eigenvalue weighted by Crippen LogP contribution is 2.26. The molecule has 0 radical (unpaired) electrons. The molecule has 5 nitrogen and oxygen atoms in total. The Morgan fingerprint density at radius 1 is 1.19 bits per heavy atom. The van der Waals surface area contributed by atoms with E-state index in [0.717, 1.165) is 22.0 Å².